The van der Waals surface area contributed by atoms with Crippen LogP contribution in [-0.4, -0.2) is 62.7 Å². The number of amides is 1. The highest BCUT2D eigenvalue weighted by Gasteiger charge is 2.31. The van der Waals surface area contributed by atoms with Crippen LogP contribution in [0, 0.1) is 17.0 Å². The molecule has 34 heavy (non-hydrogen) atoms. The Hall–Kier alpha value is -3.02. The maximum Gasteiger partial charge on any atom is 0.271 e. The maximum atomic E-state index is 12.9. The van der Waals surface area contributed by atoms with Crippen LogP contribution in [0.2, 0.25) is 0 Å². The zero-order valence-electron chi connectivity index (χ0n) is 19.6. The average molecular weight is 491 g/mol. The molecule has 1 aliphatic rings. The molecule has 0 spiro atoms. The highest BCUT2D eigenvalue weighted by molar-refractivity contribution is 7.92. The molecule has 184 valence electrons. The first-order chi connectivity index (χ1) is 16.1. The average Bonchev–Trinajstić information content (AvgIpc) is 2.79. The molecule has 0 aromatic heterocycles. The second kappa shape index (κ2) is 10.9. The van der Waals surface area contributed by atoms with Crippen molar-refractivity contribution in [1.82, 2.24) is 10.2 Å². The van der Waals surface area contributed by atoms with E-state index in [1.54, 1.807) is 6.92 Å². The number of nitro groups is 1. The standard InChI is InChI=1S/C23H30N4O6S/c1-17-4-9-21(27(29)30)14-22(17)26(34(3,31)32)18(2)23(28)24-15-19-5-7-20(8-6-19)16-25-10-12-33-13-11-25/h4-9,14,18H,10-13,15-16H2,1-3H3,(H,24,28). The molecule has 0 saturated carbocycles. The monoisotopic (exact) mass is 490 g/mol. The lowest BCUT2D eigenvalue weighted by atomic mass is 10.1. The van der Waals surface area contributed by atoms with Gasteiger partial charge in [0.05, 0.1) is 30.1 Å². The fourth-order valence-corrected chi connectivity index (χ4v) is 5.07. The van der Waals surface area contributed by atoms with Gasteiger partial charge in [-0.3, -0.25) is 24.1 Å². The Morgan fingerprint density at radius 1 is 1.18 bits per heavy atom. The first-order valence-corrected chi connectivity index (χ1v) is 12.8. The summed E-state index contributed by atoms with van der Waals surface area (Å²) in [5.41, 5.74) is 2.40. The number of hydrogen-bond acceptors (Lipinski definition) is 7. The lowest BCUT2D eigenvalue weighted by molar-refractivity contribution is -0.384. The minimum atomic E-state index is -3.89. The van der Waals surface area contributed by atoms with Crippen LogP contribution in [0.1, 0.15) is 23.6 Å². The number of nitro benzene ring substituents is 1. The first-order valence-electron chi connectivity index (χ1n) is 11.0. The van der Waals surface area contributed by atoms with E-state index in [2.05, 4.69) is 10.2 Å². The molecule has 1 fully saturated rings. The summed E-state index contributed by atoms with van der Waals surface area (Å²) in [6.07, 6.45) is 0.974. The SMILES string of the molecule is Cc1ccc([N+](=O)[O-])cc1N(C(C)C(=O)NCc1ccc(CN2CCOCC2)cc1)S(C)(=O)=O. The normalized spacial score (nSPS) is 15.5. The number of rotatable bonds is 9. The number of anilines is 1. The zero-order chi connectivity index (χ0) is 24.9. The number of nitrogens with zero attached hydrogens (tertiary/aromatic N) is 3. The van der Waals surface area contributed by atoms with Gasteiger partial charge >= 0.3 is 0 Å². The first kappa shape index (κ1) is 25.6. The van der Waals surface area contributed by atoms with Crippen LogP contribution in [0.15, 0.2) is 42.5 Å². The number of carbonyl (C=O) groups excluding carboxylic acids is 1. The lowest BCUT2D eigenvalue weighted by Gasteiger charge is -2.29. The molecule has 1 amide bonds. The summed E-state index contributed by atoms with van der Waals surface area (Å²) in [4.78, 5) is 25.8. The van der Waals surface area contributed by atoms with Gasteiger partial charge in [0.15, 0.2) is 0 Å². The van der Waals surface area contributed by atoms with Crippen molar-refractivity contribution >= 4 is 27.3 Å². The fraction of sp³-hybridized carbons (Fsp3) is 0.435. The van der Waals surface area contributed by atoms with E-state index in [9.17, 15) is 23.3 Å². The van der Waals surface area contributed by atoms with Crippen LogP contribution < -0.4 is 9.62 Å². The summed E-state index contributed by atoms with van der Waals surface area (Å²) in [7, 11) is -3.89. The Bertz CT molecular complexity index is 1130. The molecule has 1 unspecified atom stereocenters. The molecule has 11 heteroatoms. The Kier molecular flexibility index (Phi) is 8.24. The molecule has 1 heterocycles. The Balaban J connectivity index is 1.68. The molecule has 10 nitrogen and oxygen atoms in total. The molecular formula is C23H30N4O6S. The van der Waals surface area contributed by atoms with Crippen LogP contribution in [0.25, 0.3) is 0 Å². The van der Waals surface area contributed by atoms with Crippen LogP contribution >= 0.6 is 0 Å². The number of non-ortho nitro benzene ring substituents is 1. The Labute approximate surface area is 199 Å². The van der Waals surface area contributed by atoms with E-state index in [1.807, 2.05) is 24.3 Å². The summed E-state index contributed by atoms with van der Waals surface area (Å²) >= 11 is 0. The van der Waals surface area contributed by atoms with Gasteiger partial charge in [0.2, 0.25) is 15.9 Å². The van der Waals surface area contributed by atoms with Gasteiger partial charge < -0.3 is 10.1 Å². The van der Waals surface area contributed by atoms with Gasteiger partial charge in [-0.1, -0.05) is 30.3 Å². The van der Waals surface area contributed by atoms with Gasteiger partial charge in [-0.2, -0.15) is 0 Å². The molecule has 0 bridgehead atoms. The van der Waals surface area contributed by atoms with Crippen molar-refractivity contribution in [3.63, 3.8) is 0 Å². The summed E-state index contributed by atoms with van der Waals surface area (Å²) in [5, 5.41) is 14.0. The second-order valence-corrected chi connectivity index (χ2v) is 10.2. The third-order valence-corrected chi connectivity index (χ3v) is 6.96. The largest absolute Gasteiger partial charge is 0.379 e. The molecule has 1 N–H and O–H groups in total. The Morgan fingerprint density at radius 2 is 1.79 bits per heavy atom. The maximum absolute atomic E-state index is 12.9. The van der Waals surface area contributed by atoms with Gasteiger partial charge in [0, 0.05) is 38.3 Å². The molecule has 1 atom stereocenters. The van der Waals surface area contributed by atoms with Crippen LogP contribution in [0.3, 0.4) is 0 Å². The Morgan fingerprint density at radius 3 is 2.38 bits per heavy atom. The predicted molar refractivity (Wildman–Crippen MR) is 129 cm³/mol. The molecule has 1 saturated heterocycles. The summed E-state index contributed by atoms with van der Waals surface area (Å²) in [6.45, 7) is 7.43. The summed E-state index contributed by atoms with van der Waals surface area (Å²) in [5.74, 6) is -0.506. The number of aryl methyl sites for hydroxylation is 1. The molecule has 3 rings (SSSR count). The van der Waals surface area contributed by atoms with Crippen molar-refractivity contribution in [2.45, 2.75) is 33.0 Å². The van der Waals surface area contributed by atoms with Gasteiger partial charge in [-0.25, -0.2) is 8.42 Å². The molecular weight excluding hydrogens is 460 g/mol. The summed E-state index contributed by atoms with van der Waals surface area (Å²) < 4.78 is 31.4. The van der Waals surface area contributed by atoms with Gasteiger partial charge in [0.25, 0.3) is 5.69 Å². The van der Waals surface area contributed by atoms with Crippen molar-refractivity contribution in [3.05, 3.63) is 69.3 Å². The van der Waals surface area contributed by atoms with E-state index in [1.165, 1.54) is 25.1 Å². The van der Waals surface area contributed by atoms with Gasteiger partial charge in [0.1, 0.15) is 6.04 Å². The number of hydrogen-bond donors (Lipinski definition) is 1. The van der Waals surface area contributed by atoms with Crippen molar-refractivity contribution < 1.29 is 22.9 Å². The quantitative estimate of drug-likeness (QED) is 0.422. The smallest absolute Gasteiger partial charge is 0.271 e. The van der Waals surface area contributed by atoms with E-state index in [0.717, 1.165) is 54.5 Å². The van der Waals surface area contributed by atoms with E-state index in [0.29, 0.717) is 5.56 Å². The van der Waals surface area contributed by atoms with Crippen molar-refractivity contribution in [3.8, 4) is 0 Å². The summed E-state index contributed by atoms with van der Waals surface area (Å²) in [6, 6.07) is 10.7. The third kappa shape index (κ3) is 6.52. The van der Waals surface area contributed by atoms with Crippen molar-refractivity contribution in [1.29, 1.82) is 0 Å². The fourth-order valence-electron chi connectivity index (χ4n) is 3.85. The molecule has 2 aromatic carbocycles. The van der Waals surface area contributed by atoms with E-state index in [4.69, 9.17) is 4.74 Å². The van der Waals surface area contributed by atoms with Crippen molar-refractivity contribution in [2.75, 3.05) is 36.9 Å². The molecule has 2 aromatic rings. The highest BCUT2D eigenvalue weighted by atomic mass is 32.2. The molecule has 0 radical (unpaired) electrons. The number of ether oxygens (including phenoxy) is 1. The van der Waals surface area contributed by atoms with E-state index < -0.39 is 26.9 Å². The lowest BCUT2D eigenvalue weighted by Crippen LogP contribution is -2.48. The second-order valence-electron chi connectivity index (χ2n) is 8.39. The number of benzene rings is 2. The number of nitrogens with one attached hydrogen (secondary N) is 1. The predicted octanol–water partition coefficient (Wildman–Crippen LogP) is 2.21. The van der Waals surface area contributed by atoms with Gasteiger partial charge in [-0.05, 0) is 30.5 Å². The minimum Gasteiger partial charge on any atom is -0.379 e. The van der Waals surface area contributed by atoms with Crippen LogP contribution in [-0.2, 0) is 32.6 Å². The number of carbonyl (C=O) groups is 1. The highest BCUT2D eigenvalue weighted by Crippen LogP contribution is 2.29. The van der Waals surface area contributed by atoms with Crippen LogP contribution in [0.5, 0.6) is 0 Å². The third-order valence-electron chi connectivity index (χ3n) is 5.73. The van der Waals surface area contributed by atoms with Gasteiger partial charge in [-0.15, -0.1) is 0 Å². The minimum absolute atomic E-state index is 0.104. The number of morpholine rings is 1. The molecule has 1 aliphatic heterocycles. The van der Waals surface area contributed by atoms with E-state index >= 15 is 0 Å². The van der Waals surface area contributed by atoms with Crippen molar-refractivity contribution in [2.24, 2.45) is 0 Å². The van der Waals surface area contributed by atoms with E-state index in [-0.39, 0.29) is 17.9 Å². The molecule has 0 aliphatic carbocycles. The topological polar surface area (TPSA) is 122 Å². The van der Waals surface area contributed by atoms with Crippen LogP contribution in [0.4, 0.5) is 11.4 Å². The zero-order valence-corrected chi connectivity index (χ0v) is 20.4. The number of sulfonamides is 1.